The van der Waals surface area contributed by atoms with Crippen LogP contribution in [0.3, 0.4) is 0 Å². The Bertz CT molecular complexity index is 705. The fraction of sp³-hybridized carbons (Fsp3) is 0.125. The van der Waals surface area contributed by atoms with E-state index in [1.807, 2.05) is 42.5 Å². The zero-order chi connectivity index (χ0) is 16.7. The lowest BCUT2D eigenvalue weighted by Gasteiger charge is -2.12. The number of methoxy groups -OCH3 is 1. The van der Waals surface area contributed by atoms with E-state index in [0.717, 1.165) is 15.6 Å². The van der Waals surface area contributed by atoms with Crippen molar-refractivity contribution in [3.8, 4) is 11.5 Å². The topological polar surface area (TPSA) is 70.5 Å². The number of rotatable bonds is 6. The van der Waals surface area contributed by atoms with Crippen molar-refractivity contribution in [2.75, 3.05) is 7.11 Å². The van der Waals surface area contributed by atoms with Gasteiger partial charge in [0.15, 0.2) is 11.5 Å². The molecule has 7 heteroatoms. The second-order valence-corrected chi connectivity index (χ2v) is 5.93. The number of hydrazine groups is 1. The molecule has 0 radical (unpaired) electrons. The molecule has 120 valence electrons. The van der Waals surface area contributed by atoms with E-state index in [1.165, 1.54) is 0 Å². The van der Waals surface area contributed by atoms with Gasteiger partial charge in [-0.15, -0.1) is 10.5 Å². The van der Waals surface area contributed by atoms with Gasteiger partial charge in [0.1, 0.15) is 6.61 Å². The summed E-state index contributed by atoms with van der Waals surface area (Å²) in [5.41, 5.74) is 9.88. The zero-order valence-electron chi connectivity index (χ0n) is 12.5. The van der Waals surface area contributed by atoms with Crippen LogP contribution in [-0.4, -0.2) is 18.4 Å². The van der Waals surface area contributed by atoms with Crippen LogP contribution in [0, 0.1) is 0 Å². The van der Waals surface area contributed by atoms with Crippen LogP contribution in [-0.2, 0) is 6.61 Å². The van der Waals surface area contributed by atoms with Gasteiger partial charge in [0, 0.05) is 4.47 Å². The summed E-state index contributed by atoms with van der Waals surface area (Å²) in [6.07, 6.45) is 1.71. The number of halogens is 1. The molecule has 5 nitrogen and oxygen atoms in total. The number of benzene rings is 2. The van der Waals surface area contributed by atoms with Crippen molar-refractivity contribution in [2.24, 2.45) is 5.73 Å². The standard InChI is InChI=1S/C16H16BrN3O2S/c1-21-14-4-2-3-12(9-19-20-16(18)23)15(14)22-10-11-5-7-13(17)8-6-11/h2-9H,10H2,1H3,(H3,18,20,23)/p+1. The van der Waals surface area contributed by atoms with E-state index in [4.69, 9.17) is 27.4 Å². The maximum absolute atomic E-state index is 5.94. The van der Waals surface area contributed by atoms with Crippen molar-refractivity contribution in [3.05, 3.63) is 58.1 Å². The number of nitrogens with two attached hydrogens (primary N) is 1. The van der Waals surface area contributed by atoms with Gasteiger partial charge in [0.05, 0.1) is 12.7 Å². The Hall–Kier alpha value is -2.12. The Kier molecular flexibility index (Phi) is 6.37. The normalized spacial score (nSPS) is 10.5. The van der Waals surface area contributed by atoms with Crippen molar-refractivity contribution in [3.63, 3.8) is 0 Å². The van der Waals surface area contributed by atoms with Crippen LogP contribution in [0.25, 0.3) is 0 Å². The summed E-state index contributed by atoms with van der Waals surface area (Å²) < 4.78 is 12.3. The van der Waals surface area contributed by atoms with Gasteiger partial charge >= 0.3 is 0 Å². The highest BCUT2D eigenvalue weighted by Crippen LogP contribution is 2.30. The molecule has 2 aromatic carbocycles. The molecule has 0 unspecified atom stereocenters. The van der Waals surface area contributed by atoms with E-state index >= 15 is 0 Å². The lowest BCUT2D eigenvalue weighted by molar-refractivity contribution is -0.499. The van der Waals surface area contributed by atoms with Gasteiger partial charge in [0.2, 0.25) is 11.3 Å². The molecule has 0 spiro atoms. The summed E-state index contributed by atoms with van der Waals surface area (Å²) in [5.74, 6) is 1.28. The van der Waals surface area contributed by atoms with Gasteiger partial charge in [-0.1, -0.05) is 34.1 Å². The molecule has 0 saturated carbocycles. The van der Waals surface area contributed by atoms with Gasteiger partial charge in [0.25, 0.3) is 0 Å². The maximum atomic E-state index is 5.94. The number of para-hydroxylation sites is 1. The highest BCUT2D eigenvalue weighted by atomic mass is 79.9. The molecule has 2 rings (SSSR count). The van der Waals surface area contributed by atoms with Gasteiger partial charge in [-0.3, -0.25) is 0 Å². The van der Waals surface area contributed by atoms with E-state index in [9.17, 15) is 0 Å². The van der Waals surface area contributed by atoms with E-state index < -0.39 is 0 Å². The Morgan fingerprint density at radius 2 is 2.04 bits per heavy atom. The lowest BCUT2D eigenvalue weighted by atomic mass is 10.2. The third kappa shape index (κ3) is 5.22. The first kappa shape index (κ1) is 17.2. The minimum Gasteiger partial charge on any atom is -0.493 e. The van der Waals surface area contributed by atoms with Crippen LogP contribution in [0.2, 0.25) is 0 Å². The summed E-state index contributed by atoms with van der Waals surface area (Å²) in [7, 11) is 1.60. The van der Waals surface area contributed by atoms with Crippen molar-refractivity contribution < 1.29 is 14.6 Å². The molecule has 0 atom stereocenters. The van der Waals surface area contributed by atoms with Gasteiger partial charge < -0.3 is 15.2 Å². The molecular formula is C16H17BrN3O2S+. The second-order valence-electron chi connectivity index (χ2n) is 4.57. The summed E-state index contributed by atoms with van der Waals surface area (Å²) in [5, 5.41) is 2.97. The van der Waals surface area contributed by atoms with Gasteiger partial charge in [-0.25, -0.2) is 0 Å². The molecule has 2 aromatic rings. The Morgan fingerprint density at radius 3 is 2.70 bits per heavy atom. The summed E-state index contributed by atoms with van der Waals surface area (Å²) >= 11 is 8.16. The zero-order valence-corrected chi connectivity index (χ0v) is 14.9. The number of ether oxygens (including phenoxy) is 2. The van der Waals surface area contributed by atoms with E-state index in [1.54, 1.807) is 13.3 Å². The van der Waals surface area contributed by atoms with Crippen molar-refractivity contribution >= 4 is 39.5 Å². The smallest absolute Gasteiger partial charge is 0.221 e. The minimum absolute atomic E-state index is 0.154. The lowest BCUT2D eigenvalue weighted by Crippen LogP contribution is -2.82. The van der Waals surface area contributed by atoms with Crippen LogP contribution in [0.1, 0.15) is 11.1 Å². The van der Waals surface area contributed by atoms with Crippen LogP contribution in [0.5, 0.6) is 11.5 Å². The predicted molar refractivity (Wildman–Crippen MR) is 97.5 cm³/mol. The molecule has 23 heavy (non-hydrogen) atoms. The predicted octanol–water partition coefficient (Wildman–Crippen LogP) is 1.28. The molecule has 0 saturated heterocycles. The molecule has 0 aliphatic carbocycles. The third-order valence-electron chi connectivity index (χ3n) is 2.95. The average molecular weight is 395 g/mol. The molecule has 4 N–H and O–H groups in total. The number of hydrogen-bond donors (Lipinski definition) is 3. The fourth-order valence-corrected chi connectivity index (χ4v) is 2.21. The first-order valence-corrected chi connectivity index (χ1v) is 7.98. The highest BCUT2D eigenvalue weighted by molar-refractivity contribution is 9.10. The SMILES string of the molecule is COc1cccc(C=[NH+]NC(N)=S)c1OCc1ccc(Br)cc1. The molecule has 0 aliphatic heterocycles. The summed E-state index contributed by atoms with van der Waals surface area (Å²) in [6, 6.07) is 13.6. The van der Waals surface area contributed by atoms with Gasteiger partial charge in [-0.05, 0) is 42.0 Å². The van der Waals surface area contributed by atoms with E-state index in [2.05, 4.69) is 26.5 Å². The molecule has 0 bridgehead atoms. The van der Waals surface area contributed by atoms with Crippen molar-refractivity contribution in [1.82, 2.24) is 5.43 Å². The Labute approximate surface area is 148 Å². The monoisotopic (exact) mass is 394 g/mol. The Morgan fingerprint density at radius 1 is 1.30 bits per heavy atom. The molecular weight excluding hydrogens is 378 g/mol. The Balaban J connectivity index is 2.19. The first-order valence-electron chi connectivity index (χ1n) is 6.78. The van der Waals surface area contributed by atoms with Crippen LogP contribution >= 0.6 is 28.1 Å². The van der Waals surface area contributed by atoms with Crippen molar-refractivity contribution in [2.45, 2.75) is 6.61 Å². The van der Waals surface area contributed by atoms with E-state index in [-0.39, 0.29) is 5.11 Å². The number of thiocarbonyl (C=S) groups is 1. The van der Waals surface area contributed by atoms with Crippen molar-refractivity contribution in [1.29, 1.82) is 0 Å². The van der Waals surface area contributed by atoms with E-state index in [0.29, 0.717) is 18.1 Å². The number of hydrazone groups is 1. The quantitative estimate of drug-likeness (QED) is 0.391. The third-order valence-corrected chi connectivity index (χ3v) is 3.58. The molecule has 0 aliphatic rings. The largest absolute Gasteiger partial charge is 0.493 e. The van der Waals surface area contributed by atoms with Crippen LogP contribution in [0.4, 0.5) is 0 Å². The molecule has 0 heterocycles. The molecule has 0 aromatic heterocycles. The molecule has 0 fully saturated rings. The molecule has 0 amide bonds. The summed E-state index contributed by atoms with van der Waals surface area (Å²) in [4.78, 5) is 0. The summed E-state index contributed by atoms with van der Waals surface area (Å²) in [6.45, 7) is 0.428. The fourth-order valence-electron chi connectivity index (χ4n) is 1.88. The first-order chi connectivity index (χ1) is 11.1. The number of hydrogen-bond acceptors (Lipinski definition) is 3. The second kappa shape index (κ2) is 8.50. The maximum Gasteiger partial charge on any atom is 0.221 e. The highest BCUT2D eigenvalue weighted by Gasteiger charge is 2.11. The van der Waals surface area contributed by atoms with Crippen LogP contribution in [0.15, 0.2) is 46.9 Å². The van der Waals surface area contributed by atoms with Crippen LogP contribution < -0.4 is 25.7 Å². The number of nitrogens with one attached hydrogen (secondary N) is 2. The van der Waals surface area contributed by atoms with Gasteiger partial charge in [-0.2, -0.15) is 0 Å². The minimum atomic E-state index is 0.154. The average Bonchev–Trinajstić information content (AvgIpc) is 2.54.